The molecule has 1 aromatic heterocycles. The number of fused-ring (bicyclic) bond motifs is 1. The number of methoxy groups -OCH3 is 1. The second-order valence-corrected chi connectivity index (χ2v) is 7.57. The van der Waals surface area contributed by atoms with E-state index in [0.29, 0.717) is 34.4 Å². The fraction of sp³-hybridized carbons (Fsp3) is 0.227. The number of hydrogen-bond donors (Lipinski definition) is 1. The number of para-hydroxylation sites is 1. The van der Waals surface area contributed by atoms with Gasteiger partial charge < -0.3 is 14.4 Å². The molecule has 154 valence electrons. The third-order valence-corrected chi connectivity index (χ3v) is 5.48. The summed E-state index contributed by atoms with van der Waals surface area (Å²) in [6.07, 6.45) is 0.852. The molecular formula is C22H21N3O4S. The maximum absolute atomic E-state index is 12.6. The molecule has 2 aromatic carbocycles. The lowest BCUT2D eigenvalue weighted by molar-refractivity contribution is -0.121. The van der Waals surface area contributed by atoms with Gasteiger partial charge in [-0.15, -0.1) is 11.3 Å². The van der Waals surface area contributed by atoms with Gasteiger partial charge in [-0.05, 0) is 36.8 Å². The highest BCUT2D eigenvalue weighted by Crippen LogP contribution is 2.37. The molecule has 4 rings (SSSR count). The first-order valence-electron chi connectivity index (χ1n) is 9.58. The van der Waals surface area contributed by atoms with Crippen LogP contribution in [-0.2, 0) is 4.79 Å². The number of nitrogens with one attached hydrogen (secondary N) is 1. The predicted octanol–water partition coefficient (Wildman–Crippen LogP) is 4.21. The summed E-state index contributed by atoms with van der Waals surface area (Å²) in [6.45, 7) is 2.72. The van der Waals surface area contributed by atoms with Crippen LogP contribution in [0.25, 0.3) is 11.3 Å². The van der Waals surface area contributed by atoms with Crippen LogP contribution in [-0.4, -0.2) is 37.1 Å². The summed E-state index contributed by atoms with van der Waals surface area (Å²) in [5.41, 5.74) is 2.75. The van der Waals surface area contributed by atoms with E-state index in [0.717, 1.165) is 17.7 Å². The lowest BCUT2D eigenvalue weighted by Crippen LogP contribution is -2.39. The lowest BCUT2D eigenvalue weighted by Gasteiger charge is -2.29. The predicted molar refractivity (Wildman–Crippen MR) is 117 cm³/mol. The summed E-state index contributed by atoms with van der Waals surface area (Å²) in [4.78, 5) is 31.1. The summed E-state index contributed by atoms with van der Waals surface area (Å²) in [5, 5.41) is 5.17. The normalized spacial score (nSPS) is 12.9. The Kier molecular flexibility index (Phi) is 5.67. The molecular weight excluding hydrogens is 402 g/mol. The number of nitrogens with zero attached hydrogens (tertiary/aromatic N) is 2. The molecule has 7 nitrogen and oxygen atoms in total. The number of carbonyl (C=O) groups is 2. The van der Waals surface area contributed by atoms with E-state index in [1.165, 1.54) is 18.4 Å². The number of anilines is 2. The minimum absolute atomic E-state index is 0.0514. The van der Waals surface area contributed by atoms with E-state index in [2.05, 4.69) is 10.3 Å². The summed E-state index contributed by atoms with van der Waals surface area (Å²) in [5.74, 6) is 0.852. The number of carbonyl (C=O) groups excluding carboxylic acids is 2. The first-order chi connectivity index (χ1) is 14.6. The van der Waals surface area contributed by atoms with Crippen molar-refractivity contribution in [3.8, 4) is 22.8 Å². The van der Waals surface area contributed by atoms with Crippen LogP contribution in [0.4, 0.5) is 10.8 Å². The molecule has 30 heavy (non-hydrogen) atoms. The van der Waals surface area contributed by atoms with Crippen molar-refractivity contribution < 1.29 is 19.1 Å². The summed E-state index contributed by atoms with van der Waals surface area (Å²) in [6, 6.07) is 12.7. The smallest absolute Gasteiger partial charge is 0.265 e. The van der Waals surface area contributed by atoms with Crippen LogP contribution in [0.5, 0.6) is 11.5 Å². The Hall–Kier alpha value is -3.39. The van der Waals surface area contributed by atoms with Gasteiger partial charge in [0.15, 0.2) is 11.7 Å². The van der Waals surface area contributed by atoms with Gasteiger partial charge in [-0.1, -0.05) is 19.1 Å². The number of benzene rings is 2. The number of amides is 2. The van der Waals surface area contributed by atoms with Gasteiger partial charge in [0, 0.05) is 17.5 Å². The van der Waals surface area contributed by atoms with Gasteiger partial charge in [0.25, 0.3) is 11.8 Å². The SMILES string of the molecule is CCCN1C(=O)COc2ccc(-c3csc(NC(=O)c4ccccc4OC)n3)cc21. The molecule has 0 bridgehead atoms. The van der Waals surface area contributed by atoms with Crippen LogP contribution in [0.2, 0.25) is 0 Å². The standard InChI is InChI=1S/C22H21N3O4S/c1-3-10-25-17-11-14(8-9-19(17)29-12-20(25)26)16-13-30-22(23-16)24-21(27)15-6-4-5-7-18(15)28-2/h4-9,11,13H,3,10,12H2,1-2H3,(H,23,24,27). The highest BCUT2D eigenvalue weighted by Gasteiger charge is 2.25. The van der Waals surface area contributed by atoms with E-state index in [9.17, 15) is 9.59 Å². The second-order valence-electron chi connectivity index (χ2n) is 6.71. The number of aromatic nitrogens is 1. The van der Waals surface area contributed by atoms with E-state index in [1.54, 1.807) is 23.1 Å². The minimum Gasteiger partial charge on any atom is -0.496 e. The molecule has 0 atom stereocenters. The van der Waals surface area contributed by atoms with Crippen LogP contribution in [0.3, 0.4) is 0 Å². The Balaban J connectivity index is 1.57. The van der Waals surface area contributed by atoms with Crippen LogP contribution in [0.1, 0.15) is 23.7 Å². The van der Waals surface area contributed by atoms with Crippen molar-refractivity contribution in [2.45, 2.75) is 13.3 Å². The highest BCUT2D eigenvalue weighted by molar-refractivity contribution is 7.14. The zero-order valence-corrected chi connectivity index (χ0v) is 17.5. The molecule has 3 aromatic rings. The monoisotopic (exact) mass is 423 g/mol. The topological polar surface area (TPSA) is 80.8 Å². The van der Waals surface area contributed by atoms with Gasteiger partial charge in [-0.2, -0.15) is 0 Å². The fourth-order valence-corrected chi connectivity index (χ4v) is 4.01. The molecule has 0 spiro atoms. The molecule has 1 aliphatic heterocycles. The van der Waals surface area contributed by atoms with Crippen molar-refractivity contribution in [2.24, 2.45) is 0 Å². The molecule has 0 radical (unpaired) electrons. The number of thiazole rings is 1. The zero-order chi connectivity index (χ0) is 21.1. The Morgan fingerprint density at radius 1 is 1.30 bits per heavy atom. The van der Waals surface area contributed by atoms with Crippen LogP contribution >= 0.6 is 11.3 Å². The van der Waals surface area contributed by atoms with E-state index in [1.807, 2.05) is 36.6 Å². The molecule has 0 saturated carbocycles. The van der Waals surface area contributed by atoms with Crippen molar-refractivity contribution in [1.82, 2.24) is 4.98 Å². The van der Waals surface area contributed by atoms with E-state index >= 15 is 0 Å². The Morgan fingerprint density at radius 2 is 2.13 bits per heavy atom. The minimum atomic E-state index is -0.285. The van der Waals surface area contributed by atoms with E-state index in [-0.39, 0.29) is 18.4 Å². The first kappa shape index (κ1) is 19.9. The first-order valence-corrected chi connectivity index (χ1v) is 10.5. The van der Waals surface area contributed by atoms with Crippen LogP contribution in [0.15, 0.2) is 47.8 Å². The lowest BCUT2D eigenvalue weighted by atomic mass is 10.1. The third-order valence-electron chi connectivity index (χ3n) is 4.72. The molecule has 0 unspecified atom stereocenters. The van der Waals surface area contributed by atoms with Crippen LogP contribution < -0.4 is 19.7 Å². The molecule has 0 aliphatic carbocycles. The highest BCUT2D eigenvalue weighted by atomic mass is 32.1. The summed E-state index contributed by atoms with van der Waals surface area (Å²) < 4.78 is 10.8. The molecule has 8 heteroatoms. The largest absolute Gasteiger partial charge is 0.496 e. The molecule has 2 amide bonds. The van der Waals surface area contributed by atoms with Gasteiger partial charge in [0.2, 0.25) is 0 Å². The Labute approximate surface area is 178 Å². The molecule has 2 heterocycles. The third kappa shape index (κ3) is 3.86. The van der Waals surface area contributed by atoms with E-state index < -0.39 is 0 Å². The van der Waals surface area contributed by atoms with Crippen molar-refractivity contribution in [1.29, 1.82) is 0 Å². The van der Waals surface area contributed by atoms with Gasteiger partial charge in [0.05, 0.1) is 24.1 Å². The molecule has 1 N–H and O–H groups in total. The Morgan fingerprint density at radius 3 is 2.93 bits per heavy atom. The Bertz CT molecular complexity index is 1100. The van der Waals surface area contributed by atoms with Crippen LogP contribution in [0, 0.1) is 0 Å². The van der Waals surface area contributed by atoms with Crippen molar-refractivity contribution >= 4 is 34.0 Å². The van der Waals surface area contributed by atoms with Crippen molar-refractivity contribution in [3.05, 3.63) is 53.4 Å². The van der Waals surface area contributed by atoms with Crippen molar-refractivity contribution in [2.75, 3.05) is 30.5 Å². The second kappa shape index (κ2) is 8.54. The van der Waals surface area contributed by atoms with Gasteiger partial charge in [-0.3, -0.25) is 14.9 Å². The van der Waals surface area contributed by atoms with Gasteiger partial charge >= 0.3 is 0 Å². The molecule has 0 fully saturated rings. The van der Waals surface area contributed by atoms with Gasteiger partial charge in [0.1, 0.15) is 11.5 Å². The maximum Gasteiger partial charge on any atom is 0.265 e. The molecule has 1 aliphatic rings. The van der Waals surface area contributed by atoms with Crippen molar-refractivity contribution in [3.63, 3.8) is 0 Å². The molecule has 0 saturated heterocycles. The zero-order valence-electron chi connectivity index (χ0n) is 16.7. The maximum atomic E-state index is 12.6. The van der Waals surface area contributed by atoms with E-state index in [4.69, 9.17) is 9.47 Å². The number of rotatable bonds is 6. The fourth-order valence-electron chi connectivity index (χ4n) is 3.29. The number of hydrogen-bond acceptors (Lipinski definition) is 6. The number of ether oxygens (including phenoxy) is 2. The average Bonchev–Trinajstić information content (AvgIpc) is 3.23. The summed E-state index contributed by atoms with van der Waals surface area (Å²) in [7, 11) is 1.53. The quantitative estimate of drug-likeness (QED) is 0.643. The van der Waals surface area contributed by atoms with Gasteiger partial charge in [-0.25, -0.2) is 4.98 Å². The average molecular weight is 423 g/mol. The summed E-state index contributed by atoms with van der Waals surface area (Å²) >= 11 is 1.33.